The molecule has 0 radical (unpaired) electrons. The Balaban J connectivity index is 1.99. The van der Waals surface area contributed by atoms with Crippen LogP contribution in [0.1, 0.15) is 13.3 Å². The number of para-hydroxylation sites is 1. The fourth-order valence-corrected chi connectivity index (χ4v) is 3.52. The molecule has 2 heterocycles. The summed E-state index contributed by atoms with van der Waals surface area (Å²) in [6.45, 7) is 4.57. The van der Waals surface area contributed by atoms with Gasteiger partial charge in [-0.15, -0.1) is 0 Å². The standard InChI is InChI=1S/C15H20N4OS/c1-2-7-16-15-17-13-6-4-3-5-12(13)14(18-15)19-8-10-21(20)11-9-19/h3-6H,2,7-11H2,1H3,(H,16,17,18). The lowest BCUT2D eigenvalue weighted by atomic mass is 10.2. The van der Waals surface area contributed by atoms with E-state index in [1.165, 1.54) is 0 Å². The Kier molecular flexibility index (Phi) is 4.34. The highest BCUT2D eigenvalue weighted by molar-refractivity contribution is 7.85. The van der Waals surface area contributed by atoms with Gasteiger partial charge >= 0.3 is 0 Å². The first-order chi connectivity index (χ1) is 10.3. The quantitative estimate of drug-likeness (QED) is 0.936. The monoisotopic (exact) mass is 304 g/mol. The van der Waals surface area contributed by atoms with Crippen LogP contribution in [-0.4, -0.2) is 45.3 Å². The summed E-state index contributed by atoms with van der Waals surface area (Å²) in [4.78, 5) is 11.5. The highest BCUT2D eigenvalue weighted by atomic mass is 32.2. The van der Waals surface area contributed by atoms with Crippen molar-refractivity contribution in [2.75, 3.05) is 41.4 Å². The zero-order valence-corrected chi connectivity index (χ0v) is 13.0. The Morgan fingerprint density at radius 1 is 1.24 bits per heavy atom. The van der Waals surface area contributed by atoms with Crippen molar-refractivity contribution < 1.29 is 4.21 Å². The largest absolute Gasteiger partial charge is 0.354 e. The number of anilines is 2. The van der Waals surface area contributed by atoms with E-state index < -0.39 is 10.8 Å². The molecule has 0 atom stereocenters. The minimum atomic E-state index is -0.679. The molecule has 0 bridgehead atoms. The summed E-state index contributed by atoms with van der Waals surface area (Å²) in [6.07, 6.45) is 1.04. The molecule has 1 fully saturated rings. The fraction of sp³-hybridized carbons (Fsp3) is 0.467. The van der Waals surface area contributed by atoms with Gasteiger partial charge in [-0.05, 0) is 18.6 Å². The maximum absolute atomic E-state index is 11.6. The Morgan fingerprint density at radius 3 is 2.76 bits per heavy atom. The maximum atomic E-state index is 11.6. The molecule has 5 nitrogen and oxygen atoms in total. The van der Waals surface area contributed by atoms with Crippen molar-refractivity contribution in [2.24, 2.45) is 0 Å². The fourth-order valence-electron chi connectivity index (χ4n) is 2.47. The predicted molar refractivity (Wildman–Crippen MR) is 88.4 cm³/mol. The van der Waals surface area contributed by atoms with Gasteiger partial charge in [-0.25, -0.2) is 4.98 Å². The van der Waals surface area contributed by atoms with Gasteiger partial charge in [0.15, 0.2) is 0 Å². The lowest BCUT2D eigenvalue weighted by Crippen LogP contribution is -2.38. The SMILES string of the molecule is CCCNc1nc(N2CCS(=O)CC2)c2ccccc2n1. The Hall–Kier alpha value is -1.69. The number of rotatable bonds is 4. The van der Waals surface area contributed by atoms with Crippen LogP contribution in [0, 0.1) is 0 Å². The van der Waals surface area contributed by atoms with Crippen LogP contribution in [0.2, 0.25) is 0 Å². The second-order valence-corrected chi connectivity index (χ2v) is 6.85. The number of hydrogen-bond donors (Lipinski definition) is 1. The molecule has 112 valence electrons. The van der Waals surface area contributed by atoms with Gasteiger partial charge in [0.2, 0.25) is 5.95 Å². The summed E-state index contributed by atoms with van der Waals surface area (Å²) in [7, 11) is -0.679. The summed E-state index contributed by atoms with van der Waals surface area (Å²) in [5.41, 5.74) is 0.952. The second-order valence-electron chi connectivity index (χ2n) is 5.15. The summed E-state index contributed by atoms with van der Waals surface area (Å²) >= 11 is 0. The van der Waals surface area contributed by atoms with Crippen LogP contribution in [0.15, 0.2) is 24.3 Å². The van der Waals surface area contributed by atoms with Crippen LogP contribution in [0.5, 0.6) is 0 Å². The lowest BCUT2D eigenvalue weighted by molar-refractivity contribution is 0.672. The molecule has 0 amide bonds. The van der Waals surface area contributed by atoms with Gasteiger partial charge < -0.3 is 10.2 Å². The molecule has 1 saturated heterocycles. The minimum absolute atomic E-state index is 0.678. The highest BCUT2D eigenvalue weighted by Crippen LogP contribution is 2.26. The van der Waals surface area contributed by atoms with Crippen molar-refractivity contribution in [1.82, 2.24) is 9.97 Å². The van der Waals surface area contributed by atoms with E-state index in [2.05, 4.69) is 28.2 Å². The van der Waals surface area contributed by atoms with E-state index in [1.807, 2.05) is 18.2 Å². The van der Waals surface area contributed by atoms with Crippen molar-refractivity contribution in [3.8, 4) is 0 Å². The normalized spacial score (nSPS) is 16.3. The van der Waals surface area contributed by atoms with Crippen molar-refractivity contribution in [1.29, 1.82) is 0 Å². The van der Waals surface area contributed by atoms with E-state index in [0.29, 0.717) is 5.95 Å². The van der Waals surface area contributed by atoms with Gasteiger partial charge in [-0.3, -0.25) is 4.21 Å². The first kappa shape index (κ1) is 14.3. The summed E-state index contributed by atoms with van der Waals surface area (Å²) in [5.74, 6) is 3.07. The molecule has 0 spiro atoms. The van der Waals surface area contributed by atoms with Gasteiger partial charge in [0.1, 0.15) is 5.82 Å². The van der Waals surface area contributed by atoms with Crippen molar-refractivity contribution in [2.45, 2.75) is 13.3 Å². The highest BCUT2D eigenvalue weighted by Gasteiger charge is 2.19. The van der Waals surface area contributed by atoms with Gasteiger partial charge in [0.25, 0.3) is 0 Å². The van der Waals surface area contributed by atoms with E-state index >= 15 is 0 Å². The molecule has 0 saturated carbocycles. The van der Waals surface area contributed by atoms with Gasteiger partial charge in [-0.2, -0.15) is 4.98 Å². The number of hydrogen-bond acceptors (Lipinski definition) is 5. The van der Waals surface area contributed by atoms with Crippen LogP contribution in [0.4, 0.5) is 11.8 Å². The number of benzene rings is 1. The topological polar surface area (TPSA) is 58.1 Å². The van der Waals surface area contributed by atoms with Crippen LogP contribution >= 0.6 is 0 Å². The summed E-state index contributed by atoms with van der Waals surface area (Å²) in [5, 5.41) is 4.33. The smallest absolute Gasteiger partial charge is 0.225 e. The minimum Gasteiger partial charge on any atom is -0.354 e. The molecular weight excluding hydrogens is 284 g/mol. The van der Waals surface area contributed by atoms with E-state index in [4.69, 9.17) is 4.98 Å². The van der Waals surface area contributed by atoms with E-state index in [-0.39, 0.29) is 0 Å². The first-order valence-electron chi connectivity index (χ1n) is 7.38. The zero-order chi connectivity index (χ0) is 14.7. The molecule has 21 heavy (non-hydrogen) atoms. The summed E-state index contributed by atoms with van der Waals surface area (Å²) < 4.78 is 11.6. The average molecular weight is 304 g/mol. The maximum Gasteiger partial charge on any atom is 0.225 e. The third-order valence-corrected chi connectivity index (χ3v) is 4.87. The molecule has 0 aliphatic carbocycles. The van der Waals surface area contributed by atoms with Crippen LogP contribution < -0.4 is 10.2 Å². The van der Waals surface area contributed by atoms with E-state index in [9.17, 15) is 4.21 Å². The van der Waals surface area contributed by atoms with Crippen molar-refractivity contribution in [3.05, 3.63) is 24.3 Å². The first-order valence-corrected chi connectivity index (χ1v) is 8.87. The van der Waals surface area contributed by atoms with Crippen LogP contribution in [0.25, 0.3) is 10.9 Å². The summed E-state index contributed by atoms with van der Waals surface area (Å²) in [6, 6.07) is 8.07. The molecule has 1 aliphatic rings. The molecule has 6 heteroatoms. The molecule has 1 N–H and O–H groups in total. The van der Waals surface area contributed by atoms with Crippen molar-refractivity contribution in [3.63, 3.8) is 0 Å². The Labute approximate surface area is 127 Å². The van der Waals surface area contributed by atoms with E-state index in [0.717, 1.165) is 54.3 Å². The molecule has 2 aromatic rings. The lowest BCUT2D eigenvalue weighted by Gasteiger charge is -2.28. The predicted octanol–water partition coefficient (Wildman–Crippen LogP) is 2.02. The molecule has 1 aromatic heterocycles. The molecule has 1 aromatic carbocycles. The van der Waals surface area contributed by atoms with Crippen LogP contribution in [0.3, 0.4) is 0 Å². The third-order valence-electron chi connectivity index (χ3n) is 3.59. The van der Waals surface area contributed by atoms with Crippen LogP contribution in [-0.2, 0) is 10.8 Å². The van der Waals surface area contributed by atoms with Gasteiger partial charge in [-0.1, -0.05) is 19.1 Å². The Morgan fingerprint density at radius 2 is 2.00 bits per heavy atom. The number of fused-ring (bicyclic) bond motifs is 1. The second kappa shape index (κ2) is 6.39. The number of aromatic nitrogens is 2. The van der Waals surface area contributed by atoms with Gasteiger partial charge in [0.05, 0.1) is 5.52 Å². The molecule has 1 aliphatic heterocycles. The molecular formula is C15H20N4OS. The van der Waals surface area contributed by atoms with Crippen molar-refractivity contribution >= 4 is 33.5 Å². The van der Waals surface area contributed by atoms with Gasteiger partial charge in [0, 0.05) is 47.3 Å². The molecule has 0 unspecified atom stereocenters. The Bertz CT molecular complexity index is 651. The number of nitrogens with one attached hydrogen (secondary N) is 1. The average Bonchev–Trinajstić information content (AvgIpc) is 2.53. The zero-order valence-electron chi connectivity index (χ0n) is 12.2. The third kappa shape index (κ3) is 3.15. The number of nitrogens with zero attached hydrogens (tertiary/aromatic N) is 3. The molecule has 3 rings (SSSR count). The van der Waals surface area contributed by atoms with E-state index in [1.54, 1.807) is 0 Å².